The molecule has 13 heavy (non-hydrogen) atoms. The maximum Gasteiger partial charge on any atom is 0.0552 e. The predicted molar refractivity (Wildman–Crippen MR) is 55.3 cm³/mol. The van der Waals surface area contributed by atoms with Crippen molar-refractivity contribution in [3.05, 3.63) is 35.9 Å². The number of hydrogen-bond donors (Lipinski definition) is 2. The fraction of sp³-hybridized carbons (Fsp3) is 0.400. The molecule has 0 bridgehead atoms. The molecule has 0 amide bonds. The number of aliphatic hydroxyl groups excluding tert-OH is 1. The Morgan fingerprint density at radius 2 is 1.85 bits per heavy atom. The summed E-state index contributed by atoms with van der Waals surface area (Å²) in [6, 6.07) is 10.2. The summed E-state index contributed by atoms with van der Waals surface area (Å²) in [4.78, 5) is 0. The topological polar surface area (TPSA) is 32.3 Å². The first kappa shape index (κ1) is 10.5. The molecule has 1 fully saturated rings. The maximum absolute atomic E-state index is 9.25. The molecule has 1 heterocycles. The Hall–Kier alpha value is -0.570. The minimum atomic E-state index is 0. The molecule has 0 unspecified atom stereocenters. The third kappa shape index (κ3) is 1.70. The van der Waals surface area contributed by atoms with Crippen LogP contribution in [0.15, 0.2) is 30.3 Å². The van der Waals surface area contributed by atoms with Crippen LogP contribution in [0.2, 0.25) is 0 Å². The Kier molecular flexibility index (Phi) is 3.31. The average Bonchev–Trinajstić information content (AvgIpc) is 2.05. The molecule has 1 aromatic carbocycles. The zero-order valence-electron chi connectivity index (χ0n) is 7.36. The summed E-state index contributed by atoms with van der Waals surface area (Å²) >= 11 is 0. The van der Waals surface area contributed by atoms with Gasteiger partial charge in [-0.1, -0.05) is 30.3 Å². The first-order valence-electron chi connectivity index (χ1n) is 4.24. The van der Waals surface area contributed by atoms with Gasteiger partial charge in [-0.25, -0.2) is 0 Å². The maximum atomic E-state index is 9.25. The van der Waals surface area contributed by atoms with Gasteiger partial charge in [0.05, 0.1) is 6.61 Å². The minimum Gasteiger partial charge on any atom is -0.395 e. The van der Waals surface area contributed by atoms with Crippen LogP contribution >= 0.6 is 12.4 Å². The summed E-state index contributed by atoms with van der Waals surface area (Å²) < 4.78 is 0. The zero-order valence-corrected chi connectivity index (χ0v) is 8.18. The Morgan fingerprint density at radius 3 is 2.23 bits per heavy atom. The molecule has 0 aliphatic carbocycles. The number of hydrogen-bond acceptors (Lipinski definition) is 2. The molecule has 1 saturated heterocycles. The molecule has 1 aliphatic rings. The van der Waals surface area contributed by atoms with Gasteiger partial charge in [-0.3, -0.25) is 0 Å². The Labute approximate surface area is 84.4 Å². The van der Waals surface area contributed by atoms with E-state index in [1.54, 1.807) is 0 Å². The molecule has 0 aromatic heterocycles. The van der Waals surface area contributed by atoms with Crippen molar-refractivity contribution in [3.8, 4) is 0 Å². The van der Waals surface area contributed by atoms with Crippen LogP contribution in [0.25, 0.3) is 0 Å². The van der Waals surface area contributed by atoms with Crippen molar-refractivity contribution >= 4 is 12.4 Å². The summed E-state index contributed by atoms with van der Waals surface area (Å²) in [7, 11) is 0. The van der Waals surface area contributed by atoms with E-state index in [0.717, 1.165) is 13.1 Å². The third-order valence-corrected chi connectivity index (χ3v) is 2.62. The highest BCUT2D eigenvalue weighted by Gasteiger charge is 2.37. The van der Waals surface area contributed by atoms with Gasteiger partial charge in [0.1, 0.15) is 0 Å². The van der Waals surface area contributed by atoms with Crippen LogP contribution in [0, 0.1) is 0 Å². The number of aliphatic hydroxyl groups is 1. The zero-order chi connectivity index (χ0) is 8.44. The number of halogens is 1. The quantitative estimate of drug-likeness (QED) is 0.743. The molecule has 1 aliphatic heterocycles. The third-order valence-electron chi connectivity index (χ3n) is 2.62. The Morgan fingerprint density at radius 1 is 1.23 bits per heavy atom. The first-order chi connectivity index (χ1) is 5.87. The molecule has 1 aromatic rings. The second-order valence-corrected chi connectivity index (χ2v) is 3.41. The largest absolute Gasteiger partial charge is 0.395 e. The van der Waals surface area contributed by atoms with E-state index < -0.39 is 0 Å². The molecule has 2 nitrogen and oxygen atoms in total. The van der Waals surface area contributed by atoms with Gasteiger partial charge in [0.25, 0.3) is 0 Å². The van der Waals surface area contributed by atoms with Crippen LogP contribution in [0.1, 0.15) is 5.56 Å². The Bertz CT molecular complexity index is 253. The van der Waals surface area contributed by atoms with Crippen LogP contribution in [0.4, 0.5) is 0 Å². The molecular weight excluding hydrogens is 186 g/mol. The second kappa shape index (κ2) is 4.09. The summed E-state index contributed by atoms with van der Waals surface area (Å²) in [6.07, 6.45) is 0. The Balaban J connectivity index is 0.000000845. The molecule has 0 spiro atoms. The van der Waals surface area contributed by atoms with Crippen LogP contribution in [-0.4, -0.2) is 24.8 Å². The predicted octanol–water partition coefficient (Wildman–Crippen LogP) is 0.942. The van der Waals surface area contributed by atoms with Gasteiger partial charge in [0.15, 0.2) is 0 Å². The molecule has 0 radical (unpaired) electrons. The normalized spacial score (nSPS) is 18.5. The van der Waals surface area contributed by atoms with Crippen molar-refractivity contribution in [2.75, 3.05) is 19.7 Å². The lowest BCUT2D eigenvalue weighted by Crippen LogP contribution is -2.59. The van der Waals surface area contributed by atoms with Gasteiger partial charge >= 0.3 is 0 Å². The molecule has 0 saturated carbocycles. The monoisotopic (exact) mass is 199 g/mol. The van der Waals surface area contributed by atoms with Crippen LogP contribution in [0.5, 0.6) is 0 Å². The fourth-order valence-electron chi connectivity index (χ4n) is 1.63. The van der Waals surface area contributed by atoms with Gasteiger partial charge in [-0.2, -0.15) is 0 Å². The average molecular weight is 200 g/mol. The number of rotatable bonds is 2. The highest BCUT2D eigenvalue weighted by atomic mass is 35.5. The SMILES string of the molecule is Cl.OCC1(c2ccccc2)CNC1. The van der Waals surface area contributed by atoms with E-state index in [4.69, 9.17) is 0 Å². The van der Waals surface area contributed by atoms with Crippen molar-refractivity contribution in [1.29, 1.82) is 0 Å². The van der Waals surface area contributed by atoms with Crippen LogP contribution in [0.3, 0.4) is 0 Å². The number of benzene rings is 1. The van der Waals surface area contributed by atoms with Crippen LogP contribution in [-0.2, 0) is 5.41 Å². The molecule has 72 valence electrons. The lowest BCUT2D eigenvalue weighted by molar-refractivity contribution is 0.140. The molecule has 2 rings (SSSR count). The summed E-state index contributed by atoms with van der Waals surface area (Å²) in [5.41, 5.74) is 1.24. The van der Waals surface area contributed by atoms with Crippen LogP contribution < -0.4 is 5.32 Å². The highest BCUT2D eigenvalue weighted by Crippen LogP contribution is 2.27. The first-order valence-corrected chi connectivity index (χ1v) is 4.24. The minimum absolute atomic E-state index is 0. The van der Waals surface area contributed by atoms with E-state index in [-0.39, 0.29) is 24.4 Å². The van der Waals surface area contributed by atoms with Gasteiger partial charge in [0.2, 0.25) is 0 Å². The van der Waals surface area contributed by atoms with E-state index >= 15 is 0 Å². The summed E-state index contributed by atoms with van der Waals surface area (Å²) in [5.74, 6) is 0. The van der Waals surface area contributed by atoms with E-state index in [1.165, 1.54) is 5.56 Å². The van der Waals surface area contributed by atoms with Crippen molar-refractivity contribution in [2.45, 2.75) is 5.41 Å². The van der Waals surface area contributed by atoms with Gasteiger partial charge in [-0.15, -0.1) is 12.4 Å². The lowest BCUT2D eigenvalue weighted by atomic mass is 9.76. The molecular formula is C10H14ClNO. The van der Waals surface area contributed by atoms with Gasteiger partial charge in [-0.05, 0) is 5.56 Å². The molecule has 2 N–H and O–H groups in total. The number of nitrogens with one attached hydrogen (secondary N) is 1. The van der Waals surface area contributed by atoms with E-state index in [2.05, 4.69) is 17.4 Å². The van der Waals surface area contributed by atoms with Crippen molar-refractivity contribution in [2.24, 2.45) is 0 Å². The van der Waals surface area contributed by atoms with Crippen molar-refractivity contribution in [1.82, 2.24) is 5.32 Å². The summed E-state index contributed by atoms with van der Waals surface area (Å²) in [6.45, 7) is 2.03. The summed E-state index contributed by atoms with van der Waals surface area (Å²) in [5, 5.41) is 12.4. The molecule has 3 heteroatoms. The lowest BCUT2D eigenvalue weighted by Gasteiger charge is -2.41. The fourth-order valence-corrected chi connectivity index (χ4v) is 1.63. The van der Waals surface area contributed by atoms with Gasteiger partial charge in [0, 0.05) is 18.5 Å². The highest BCUT2D eigenvalue weighted by molar-refractivity contribution is 5.85. The smallest absolute Gasteiger partial charge is 0.0552 e. The van der Waals surface area contributed by atoms with Crippen molar-refractivity contribution in [3.63, 3.8) is 0 Å². The second-order valence-electron chi connectivity index (χ2n) is 3.41. The standard InChI is InChI=1S/C10H13NO.ClH/c12-8-10(6-11-7-10)9-4-2-1-3-5-9;/h1-5,11-12H,6-8H2;1H. The molecule has 0 atom stereocenters. The van der Waals surface area contributed by atoms with E-state index in [1.807, 2.05) is 18.2 Å². The van der Waals surface area contributed by atoms with E-state index in [0.29, 0.717) is 0 Å². The van der Waals surface area contributed by atoms with E-state index in [9.17, 15) is 5.11 Å². The van der Waals surface area contributed by atoms with Gasteiger partial charge < -0.3 is 10.4 Å². The van der Waals surface area contributed by atoms with Crippen molar-refractivity contribution < 1.29 is 5.11 Å².